The number of hydrogen-bond acceptors (Lipinski definition) is 7. The van der Waals surface area contributed by atoms with Crippen LogP contribution in [0.3, 0.4) is 0 Å². The molecule has 2 rings (SSSR count). The van der Waals surface area contributed by atoms with Crippen molar-refractivity contribution in [2.24, 2.45) is 0 Å². The second-order valence-electron chi connectivity index (χ2n) is 4.73. The predicted molar refractivity (Wildman–Crippen MR) is 84.9 cm³/mol. The van der Waals surface area contributed by atoms with Gasteiger partial charge in [0.15, 0.2) is 11.5 Å². The lowest BCUT2D eigenvalue weighted by molar-refractivity contribution is 0.102. The molecule has 0 aliphatic carbocycles. The van der Waals surface area contributed by atoms with Crippen LogP contribution in [-0.2, 0) is 0 Å². The number of nitrogens with one attached hydrogen (secondary N) is 1. The first-order valence-corrected chi connectivity index (χ1v) is 7.34. The van der Waals surface area contributed by atoms with Gasteiger partial charge in [-0.3, -0.25) is 0 Å². The van der Waals surface area contributed by atoms with E-state index in [2.05, 4.69) is 15.5 Å². The average Bonchev–Trinajstić information content (AvgIpc) is 2.61. The van der Waals surface area contributed by atoms with Crippen molar-refractivity contribution in [2.75, 3.05) is 33.4 Å². The Labute approximate surface area is 135 Å². The van der Waals surface area contributed by atoms with Crippen LogP contribution in [-0.4, -0.2) is 54.8 Å². The van der Waals surface area contributed by atoms with Crippen LogP contribution >= 0.6 is 0 Å². The smallest absolute Gasteiger partial charge is 0.233 e. The Morgan fingerprint density at radius 3 is 2.70 bits per heavy atom. The molecule has 1 atom stereocenters. The molecule has 1 unspecified atom stereocenters. The van der Waals surface area contributed by atoms with Gasteiger partial charge in [-0.1, -0.05) is 12.1 Å². The highest BCUT2D eigenvalue weighted by Gasteiger charge is 2.06. The maximum atomic E-state index is 9.81. The van der Waals surface area contributed by atoms with Gasteiger partial charge in [-0.15, -0.1) is 5.10 Å². The number of hydrogen-bond donors (Lipinski definition) is 2. The van der Waals surface area contributed by atoms with Crippen LogP contribution in [0.5, 0.6) is 17.4 Å². The van der Waals surface area contributed by atoms with Crippen LogP contribution in [0.2, 0.25) is 0 Å². The summed E-state index contributed by atoms with van der Waals surface area (Å²) in [6, 6.07) is 10.9. The highest BCUT2D eigenvalue weighted by atomic mass is 16.5. The van der Waals surface area contributed by atoms with Gasteiger partial charge in [-0.25, -0.2) is 0 Å². The number of para-hydroxylation sites is 2. The third-order valence-electron chi connectivity index (χ3n) is 2.96. The summed E-state index contributed by atoms with van der Waals surface area (Å²) in [4.78, 5) is 0. The van der Waals surface area contributed by atoms with Gasteiger partial charge in [0.1, 0.15) is 19.3 Å². The monoisotopic (exact) mass is 319 g/mol. The van der Waals surface area contributed by atoms with Gasteiger partial charge >= 0.3 is 0 Å². The third kappa shape index (κ3) is 6.09. The molecule has 0 saturated carbocycles. The minimum Gasteiger partial charge on any atom is -0.493 e. The molecule has 0 bridgehead atoms. The molecule has 0 radical (unpaired) electrons. The first-order chi connectivity index (χ1) is 11.3. The molecule has 7 nitrogen and oxygen atoms in total. The molecule has 1 aromatic heterocycles. The molecule has 1 heterocycles. The lowest BCUT2D eigenvalue weighted by Gasteiger charge is -2.13. The summed E-state index contributed by atoms with van der Waals surface area (Å²) in [5.74, 6) is 1.79. The second-order valence-corrected chi connectivity index (χ2v) is 4.73. The predicted octanol–water partition coefficient (Wildman–Crippen LogP) is 0.893. The zero-order chi connectivity index (χ0) is 16.3. The van der Waals surface area contributed by atoms with Crippen molar-refractivity contribution in [3.63, 3.8) is 0 Å². The largest absolute Gasteiger partial charge is 0.493 e. The van der Waals surface area contributed by atoms with E-state index in [1.54, 1.807) is 25.4 Å². The van der Waals surface area contributed by atoms with Crippen molar-refractivity contribution in [3.8, 4) is 17.4 Å². The maximum absolute atomic E-state index is 9.81. The molecule has 7 heteroatoms. The van der Waals surface area contributed by atoms with Crippen molar-refractivity contribution in [1.82, 2.24) is 15.5 Å². The van der Waals surface area contributed by atoms with Gasteiger partial charge in [-0.2, -0.15) is 5.10 Å². The maximum Gasteiger partial charge on any atom is 0.233 e. The SMILES string of the molecule is COc1ccccc1OCCNCC(O)COc1cccnn1. The van der Waals surface area contributed by atoms with Crippen LogP contribution in [0.15, 0.2) is 42.6 Å². The van der Waals surface area contributed by atoms with E-state index in [0.717, 1.165) is 0 Å². The summed E-state index contributed by atoms with van der Waals surface area (Å²) in [7, 11) is 1.61. The van der Waals surface area contributed by atoms with Gasteiger partial charge < -0.3 is 24.6 Å². The molecule has 23 heavy (non-hydrogen) atoms. The summed E-state index contributed by atoms with van der Waals surface area (Å²) >= 11 is 0. The Morgan fingerprint density at radius 2 is 1.96 bits per heavy atom. The highest BCUT2D eigenvalue weighted by molar-refractivity contribution is 5.39. The topological polar surface area (TPSA) is 85.7 Å². The Morgan fingerprint density at radius 1 is 1.13 bits per heavy atom. The Bertz CT molecular complexity index is 568. The second kappa shape index (κ2) is 9.60. The molecule has 124 valence electrons. The zero-order valence-corrected chi connectivity index (χ0v) is 13.0. The molecule has 0 aliphatic rings. The lowest BCUT2D eigenvalue weighted by atomic mass is 10.3. The van der Waals surface area contributed by atoms with E-state index in [0.29, 0.717) is 37.1 Å². The fourth-order valence-electron chi connectivity index (χ4n) is 1.84. The Hall–Kier alpha value is -2.38. The minimum absolute atomic E-state index is 0.152. The Balaban J connectivity index is 1.58. The van der Waals surface area contributed by atoms with Gasteiger partial charge in [-0.05, 0) is 18.2 Å². The highest BCUT2D eigenvalue weighted by Crippen LogP contribution is 2.25. The average molecular weight is 319 g/mol. The quantitative estimate of drug-likeness (QED) is 0.629. The van der Waals surface area contributed by atoms with Crippen LogP contribution in [0.4, 0.5) is 0 Å². The molecule has 0 aliphatic heterocycles. The van der Waals surface area contributed by atoms with Crippen molar-refractivity contribution >= 4 is 0 Å². The normalized spacial score (nSPS) is 11.7. The molecule has 0 spiro atoms. The number of nitrogens with zero attached hydrogens (tertiary/aromatic N) is 2. The summed E-state index contributed by atoms with van der Waals surface area (Å²) in [5.41, 5.74) is 0. The lowest BCUT2D eigenvalue weighted by Crippen LogP contribution is -2.33. The number of ether oxygens (including phenoxy) is 3. The molecule has 0 amide bonds. The minimum atomic E-state index is -0.636. The standard InChI is InChI=1S/C16H21N3O4/c1-21-14-5-2-3-6-15(14)22-10-9-17-11-13(20)12-23-16-7-4-8-18-19-16/h2-8,13,17,20H,9-12H2,1H3. The van der Waals surface area contributed by atoms with Crippen molar-refractivity contribution < 1.29 is 19.3 Å². The van der Waals surface area contributed by atoms with Crippen LogP contribution in [0.25, 0.3) is 0 Å². The van der Waals surface area contributed by atoms with E-state index in [9.17, 15) is 5.11 Å². The summed E-state index contributed by atoms with van der Waals surface area (Å²) in [6.07, 6.45) is 0.926. The molecule has 2 N–H and O–H groups in total. The van der Waals surface area contributed by atoms with Gasteiger partial charge in [0.25, 0.3) is 0 Å². The summed E-state index contributed by atoms with van der Waals surface area (Å²) in [5, 5.41) is 20.4. The number of aliphatic hydroxyl groups excluding tert-OH is 1. The van der Waals surface area contributed by atoms with E-state index in [1.165, 1.54) is 0 Å². The Kier molecular flexibility index (Phi) is 7.09. The van der Waals surface area contributed by atoms with Crippen LogP contribution < -0.4 is 19.5 Å². The first-order valence-electron chi connectivity index (χ1n) is 7.34. The summed E-state index contributed by atoms with van der Waals surface area (Å²) in [6.45, 7) is 1.62. The van der Waals surface area contributed by atoms with E-state index >= 15 is 0 Å². The van der Waals surface area contributed by atoms with Crippen LogP contribution in [0, 0.1) is 0 Å². The van der Waals surface area contributed by atoms with E-state index < -0.39 is 6.10 Å². The fourth-order valence-corrected chi connectivity index (χ4v) is 1.84. The van der Waals surface area contributed by atoms with E-state index in [1.807, 2.05) is 24.3 Å². The molecule has 1 aromatic carbocycles. The number of benzene rings is 1. The molecule has 2 aromatic rings. The van der Waals surface area contributed by atoms with Gasteiger partial charge in [0.05, 0.1) is 7.11 Å². The van der Waals surface area contributed by atoms with Gasteiger partial charge in [0, 0.05) is 25.4 Å². The van der Waals surface area contributed by atoms with Crippen molar-refractivity contribution in [3.05, 3.63) is 42.6 Å². The number of methoxy groups -OCH3 is 1. The third-order valence-corrected chi connectivity index (χ3v) is 2.96. The van der Waals surface area contributed by atoms with E-state index in [-0.39, 0.29) is 6.61 Å². The fraction of sp³-hybridized carbons (Fsp3) is 0.375. The molecule has 0 fully saturated rings. The molecule has 0 saturated heterocycles. The van der Waals surface area contributed by atoms with Gasteiger partial charge in [0.2, 0.25) is 5.88 Å². The first kappa shape index (κ1) is 17.0. The summed E-state index contributed by atoms with van der Waals surface area (Å²) < 4.78 is 16.1. The number of aromatic nitrogens is 2. The number of rotatable bonds is 10. The van der Waals surface area contributed by atoms with Crippen molar-refractivity contribution in [1.29, 1.82) is 0 Å². The zero-order valence-electron chi connectivity index (χ0n) is 13.0. The molecular formula is C16H21N3O4. The van der Waals surface area contributed by atoms with E-state index in [4.69, 9.17) is 14.2 Å². The van der Waals surface area contributed by atoms with Crippen molar-refractivity contribution in [2.45, 2.75) is 6.10 Å². The van der Waals surface area contributed by atoms with Crippen LogP contribution in [0.1, 0.15) is 0 Å². The molecular weight excluding hydrogens is 298 g/mol. The number of aliphatic hydroxyl groups is 1.